The monoisotopic (exact) mass is 549 g/mol. The van der Waals surface area contributed by atoms with Crippen molar-refractivity contribution < 1.29 is 27.6 Å². The molecule has 0 spiro atoms. The number of benzene rings is 2. The van der Waals surface area contributed by atoms with E-state index in [1.54, 1.807) is 0 Å². The van der Waals surface area contributed by atoms with Crippen molar-refractivity contribution in [2.24, 2.45) is 0 Å². The minimum Gasteiger partial charge on any atom is -0.398 e. The lowest BCUT2D eigenvalue weighted by Gasteiger charge is -2.25. The Hall–Kier alpha value is -3.60. The van der Waals surface area contributed by atoms with Gasteiger partial charge in [0.25, 0.3) is 5.91 Å². The summed E-state index contributed by atoms with van der Waals surface area (Å²) in [6, 6.07) is 7.77. The van der Waals surface area contributed by atoms with E-state index in [9.17, 15) is 27.6 Å². The minimum atomic E-state index is -4.65. The van der Waals surface area contributed by atoms with Crippen molar-refractivity contribution in [2.75, 3.05) is 25.4 Å². The Morgan fingerprint density at radius 2 is 1.67 bits per heavy atom. The molecule has 0 saturated heterocycles. The zero-order chi connectivity index (χ0) is 29.4. The fourth-order valence-corrected chi connectivity index (χ4v) is 3.88. The Kier molecular flexibility index (Phi) is 10.9. The number of aryl methyl sites for hydroxylation is 2. The summed E-state index contributed by atoms with van der Waals surface area (Å²) < 4.78 is 39.0. The van der Waals surface area contributed by atoms with E-state index in [0.29, 0.717) is 19.2 Å². The molecule has 1 atom stereocenters. The highest BCUT2D eigenvalue weighted by molar-refractivity contribution is 6.01. The van der Waals surface area contributed by atoms with Crippen LogP contribution in [0.5, 0.6) is 0 Å². The van der Waals surface area contributed by atoms with Crippen LogP contribution in [0.15, 0.2) is 36.4 Å². The van der Waals surface area contributed by atoms with Gasteiger partial charge in [0.05, 0.1) is 17.7 Å². The maximum absolute atomic E-state index is 13.0. The smallest absolute Gasteiger partial charge is 0.398 e. The van der Waals surface area contributed by atoms with Crippen LogP contribution >= 0.6 is 0 Å². The summed E-state index contributed by atoms with van der Waals surface area (Å²) in [6.07, 6.45) is -3.56. The number of amides is 3. The lowest BCUT2D eigenvalue weighted by Crippen LogP contribution is -2.54. The summed E-state index contributed by atoms with van der Waals surface area (Å²) in [4.78, 5) is 37.8. The van der Waals surface area contributed by atoms with Crippen molar-refractivity contribution in [3.63, 3.8) is 0 Å². The molecule has 3 amide bonds. The van der Waals surface area contributed by atoms with Crippen molar-refractivity contribution in [3.8, 4) is 0 Å². The van der Waals surface area contributed by atoms with Crippen LogP contribution in [-0.4, -0.2) is 48.9 Å². The number of nitrogens with two attached hydrogens (primary N) is 1. The van der Waals surface area contributed by atoms with Crippen LogP contribution in [0.4, 0.5) is 18.9 Å². The summed E-state index contributed by atoms with van der Waals surface area (Å²) >= 11 is 0. The van der Waals surface area contributed by atoms with Gasteiger partial charge in [0, 0.05) is 11.2 Å². The molecule has 2 aromatic carbocycles. The highest BCUT2D eigenvalue weighted by atomic mass is 19.4. The first-order valence-corrected chi connectivity index (χ1v) is 12.7. The molecule has 0 bridgehead atoms. The van der Waals surface area contributed by atoms with Gasteiger partial charge in [-0.15, -0.1) is 0 Å². The number of nitrogen functional groups attached to an aromatic ring is 1. The molecule has 8 nitrogen and oxygen atoms in total. The van der Waals surface area contributed by atoms with Crippen molar-refractivity contribution in [1.82, 2.24) is 21.3 Å². The SMILES string of the molecule is Cc1ccc(CCNCC[C@H](NC(=O)CNC(=O)c2cc(C(F)(F)F)ccc2N)C(=O)NC(C)(C)C)c(C)c1. The number of carbonyl (C=O) groups is 3. The van der Waals surface area contributed by atoms with Crippen molar-refractivity contribution >= 4 is 23.4 Å². The molecular formula is C28H38F3N5O3. The van der Waals surface area contributed by atoms with Crippen molar-refractivity contribution in [2.45, 2.75) is 65.2 Å². The highest BCUT2D eigenvalue weighted by Gasteiger charge is 2.31. The first kappa shape index (κ1) is 31.6. The summed E-state index contributed by atoms with van der Waals surface area (Å²) in [5, 5.41) is 11.0. The molecular weight excluding hydrogens is 511 g/mol. The minimum absolute atomic E-state index is 0.157. The zero-order valence-corrected chi connectivity index (χ0v) is 23.0. The molecule has 214 valence electrons. The van der Waals surface area contributed by atoms with Crippen LogP contribution in [0.2, 0.25) is 0 Å². The van der Waals surface area contributed by atoms with E-state index in [2.05, 4.69) is 46.4 Å². The fourth-order valence-electron chi connectivity index (χ4n) is 3.88. The van der Waals surface area contributed by atoms with Crippen molar-refractivity contribution in [1.29, 1.82) is 0 Å². The lowest BCUT2D eigenvalue weighted by molar-refractivity contribution is -0.137. The first-order valence-electron chi connectivity index (χ1n) is 12.7. The van der Waals surface area contributed by atoms with Gasteiger partial charge < -0.3 is 27.0 Å². The van der Waals surface area contributed by atoms with Gasteiger partial charge in [-0.1, -0.05) is 23.8 Å². The van der Waals surface area contributed by atoms with Crippen molar-refractivity contribution in [3.05, 3.63) is 64.2 Å². The molecule has 39 heavy (non-hydrogen) atoms. The van der Waals surface area contributed by atoms with E-state index in [1.807, 2.05) is 27.7 Å². The van der Waals surface area contributed by atoms with Gasteiger partial charge in [-0.25, -0.2) is 0 Å². The Balaban J connectivity index is 1.95. The third-order valence-corrected chi connectivity index (χ3v) is 5.86. The topological polar surface area (TPSA) is 125 Å². The van der Waals surface area contributed by atoms with Crippen LogP contribution in [0.25, 0.3) is 0 Å². The highest BCUT2D eigenvalue weighted by Crippen LogP contribution is 2.31. The molecule has 0 fully saturated rings. The molecule has 11 heteroatoms. The average molecular weight is 550 g/mol. The largest absolute Gasteiger partial charge is 0.416 e. The molecule has 0 aromatic heterocycles. The van der Waals surface area contributed by atoms with E-state index in [1.165, 1.54) is 16.7 Å². The van der Waals surface area contributed by atoms with Crippen LogP contribution < -0.4 is 27.0 Å². The zero-order valence-electron chi connectivity index (χ0n) is 23.0. The summed E-state index contributed by atoms with van der Waals surface area (Å²) in [5.41, 5.74) is 7.17. The summed E-state index contributed by atoms with van der Waals surface area (Å²) in [5.74, 6) is -1.99. The molecule has 0 aliphatic heterocycles. The number of carbonyl (C=O) groups excluding carboxylic acids is 3. The average Bonchev–Trinajstić information content (AvgIpc) is 2.81. The Bertz CT molecular complexity index is 1180. The van der Waals surface area contributed by atoms with E-state index in [4.69, 9.17) is 5.73 Å². The molecule has 0 radical (unpaired) electrons. The van der Waals surface area contributed by atoms with E-state index < -0.39 is 47.2 Å². The number of halogens is 3. The number of nitrogens with one attached hydrogen (secondary N) is 4. The number of alkyl halides is 3. The maximum Gasteiger partial charge on any atom is 0.416 e. The standard InChI is InChI=1S/C28H38F3N5O3/c1-17-6-7-19(18(2)14-17)10-12-33-13-11-23(26(39)36-27(3,4)5)35-24(37)16-34-25(38)21-15-20(28(29,30)31)8-9-22(21)32/h6-9,14-15,23,33H,10-13,16,32H2,1-5H3,(H,34,38)(H,35,37)(H,36,39)/t23-/m0/s1. The van der Waals surface area contributed by atoms with E-state index >= 15 is 0 Å². The van der Waals surface area contributed by atoms with Gasteiger partial charge in [-0.3, -0.25) is 14.4 Å². The molecule has 2 aromatic rings. The number of hydrogen-bond acceptors (Lipinski definition) is 5. The molecule has 2 rings (SSSR count). The molecule has 0 aliphatic carbocycles. The summed E-state index contributed by atoms with van der Waals surface area (Å²) in [7, 11) is 0. The molecule has 0 saturated carbocycles. The van der Waals surface area contributed by atoms with Gasteiger partial charge in [-0.05, 0) is 89.9 Å². The van der Waals surface area contributed by atoms with Crippen LogP contribution in [0.3, 0.4) is 0 Å². The van der Waals surface area contributed by atoms with Gasteiger partial charge in [-0.2, -0.15) is 13.2 Å². The first-order chi connectivity index (χ1) is 18.1. The molecule has 0 heterocycles. The van der Waals surface area contributed by atoms with Crippen LogP contribution in [-0.2, 0) is 22.2 Å². The molecule has 0 aliphatic rings. The third kappa shape index (κ3) is 10.6. The lowest BCUT2D eigenvalue weighted by atomic mass is 10.0. The van der Waals surface area contributed by atoms with Gasteiger partial charge in [0.1, 0.15) is 6.04 Å². The number of anilines is 1. The second-order valence-electron chi connectivity index (χ2n) is 10.6. The van der Waals surface area contributed by atoms with E-state index in [-0.39, 0.29) is 18.0 Å². The third-order valence-electron chi connectivity index (χ3n) is 5.86. The Morgan fingerprint density at radius 3 is 2.28 bits per heavy atom. The fraction of sp³-hybridized carbons (Fsp3) is 0.464. The normalized spacial score (nSPS) is 12.5. The quantitative estimate of drug-likeness (QED) is 0.217. The van der Waals surface area contributed by atoms with Gasteiger partial charge in [0.15, 0.2) is 0 Å². The number of hydrogen-bond donors (Lipinski definition) is 5. The van der Waals surface area contributed by atoms with Gasteiger partial charge in [0.2, 0.25) is 11.8 Å². The second-order valence-corrected chi connectivity index (χ2v) is 10.6. The predicted molar refractivity (Wildman–Crippen MR) is 145 cm³/mol. The molecule has 0 unspecified atom stereocenters. The van der Waals surface area contributed by atoms with Crippen LogP contribution in [0.1, 0.15) is 59.8 Å². The van der Waals surface area contributed by atoms with Crippen LogP contribution in [0, 0.1) is 13.8 Å². The number of rotatable bonds is 11. The van der Waals surface area contributed by atoms with E-state index in [0.717, 1.165) is 18.6 Å². The molecule has 6 N–H and O–H groups in total. The Labute approximate surface area is 227 Å². The second kappa shape index (κ2) is 13.5. The Morgan fingerprint density at radius 1 is 0.974 bits per heavy atom. The van der Waals surface area contributed by atoms with Gasteiger partial charge >= 0.3 is 6.18 Å². The summed E-state index contributed by atoms with van der Waals surface area (Å²) in [6.45, 7) is 10.1. The maximum atomic E-state index is 13.0. The predicted octanol–water partition coefficient (Wildman–Crippen LogP) is 3.26.